The van der Waals surface area contributed by atoms with Crippen molar-refractivity contribution in [1.29, 1.82) is 0 Å². The van der Waals surface area contributed by atoms with Crippen LogP contribution in [0.15, 0.2) is 18.2 Å². The summed E-state index contributed by atoms with van der Waals surface area (Å²) >= 11 is 6.16. The van der Waals surface area contributed by atoms with Crippen LogP contribution in [-0.2, 0) is 13.8 Å². The molecule has 0 bridgehead atoms. The van der Waals surface area contributed by atoms with Gasteiger partial charge in [0.25, 0.3) is 0 Å². The van der Waals surface area contributed by atoms with Crippen molar-refractivity contribution in [1.82, 2.24) is 0 Å². The lowest BCUT2D eigenvalue weighted by Crippen LogP contribution is -2.25. The Morgan fingerprint density at radius 2 is 2.09 bits per heavy atom. The molecule has 1 aromatic rings. The van der Waals surface area contributed by atoms with E-state index in [9.17, 15) is 13.2 Å². The number of carbonyl (C=O) groups excluding carboxylic acids is 1. The Hall–Kier alpha value is -0.980. The number of rotatable bonds is 5. The highest BCUT2D eigenvalue weighted by atomic mass is 35.7. The highest BCUT2D eigenvalue weighted by molar-refractivity contribution is 8.13. The fraction of sp³-hybridized carbons (Fsp3) is 0.500. The number of ether oxygens (including phenoxy) is 1. The second-order valence-corrected chi connectivity index (χ2v) is 8.79. The molecule has 1 fully saturated rings. The third kappa shape index (κ3) is 4.51. The van der Waals surface area contributed by atoms with Gasteiger partial charge in [-0.3, -0.25) is 4.79 Å². The predicted octanol–water partition coefficient (Wildman–Crippen LogP) is 3.05. The first kappa shape index (κ1) is 17.4. The SMILES string of the molecule is CC(C)Oc1ccc(N2CC(CS(=O)(=O)Cl)CC2=O)cc1Cl. The van der Waals surface area contributed by atoms with E-state index in [1.807, 2.05) is 13.8 Å². The van der Waals surface area contributed by atoms with Gasteiger partial charge in [0.2, 0.25) is 15.0 Å². The standard InChI is InChI=1S/C14H17Cl2NO4S/c1-9(2)21-13-4-3-11(6-12(13)15)17-7-10(5-14(17)18)8-22(16,19)20/h3-4,6,9-10H,5,7-8H2,1-2H3. The van der Waals surface area contributed by atoms with Gasteiger partial charge in [-0.25, -0.2) is 8.42 Å². The average molecular weight is 366 g/mol. The third-order valence-electron chi connectivity index (χ3n) is 3.23. The van der Waals surface area contributed by atoms with Gasteiger partial charge in [-0.1, -0.05) is 11.6 Å². The van der Waals surface area contributed by atoms with Crippen LogP contribution in [-0.4, -0.2) is 32.7 Å². The summed E-state index contributed by atoms with van der Waals surface area (Å²) < 4.78 is 27.8. The summed E-state index contributed by atoms with van der Waals surface area (Å²) in [5.41, 5.74) is 0.626. The monoisotopic (exact) mass is 365 g/mol. The molecule has 0 N–H and O–H groups in total. The molecule has 122 valence electrons. The van der Waals surface area contributed by atoms with E-state index < -0.39 is 9.05 Å². The molecule has 0 radical (unpaired) electrons. The number of anilines is 1. The largest absolute Gasteiger partial charge is 0.489 e. The minimum atomic E-state index is -3.62. The second kappa shape index (κ2) is 6.64. The topological polar surface area (TPSA) is 63.7 Å². The van der Waals surface area contributed by atoms with Gasteiger partial charge in [-0.2, -0.15) is 0 Å². The first-order valence-corrected chi connectivity index (χ1v) is 9.70. The van der Waals surface area contributed by atoms with Crippen molar-refractivity contribution >= 4 is 42.9 Å². The molecule has 1 unspecified atom stereocenters. The van der Waals surface area contributed by atoms with E-state index in [1.54, 1.807) is 18.2 Å². The molecule has 5 nitrogen and oxygen atoms in total. The van der Waals surface area contributed by atoms with Crippen LogP contribution >= 0.6 is 22.3 Å². The van der Waals surface area contributed by atoms with Crippen molar-refractivity contribution in [3.8, 4) is 5.75 Å². The molecule has 1 amide bonds. The van der Waals surface area contributed by atoms with Crippen molar-refractivity contribution in [3.63, 3.8) is 0 Å². The summed E-state index contributed by atoms with van der Waals surface area (Å²) in [6.45, 7) is 4.10. The molecule has 22 heavy (non-hydrogen) atoms. The van der Waals surface area contributed by atoms with Crippen LogP contribution in [0, 0.1) is 5.92 Å². The van der Waals surface area contributed by atoms with Gasteiger partial charge in [0, 0.05) is 35.3 Å². The minimum Gasteiger partial charge on any atom is -0.489 e. The highest BCUT2D eigenvalue weighted by Crippen LogP contribution is 2.33. The molecule has 1 heterocycles. The van der Waals surface area contributed by atoms with Crippen LogP contribution in [0.1, 0.15) is 20.3 Å². The Balaban J connectivity index is 2.15. The lowest BCUT2D eigenvalue weighted by atomic mass is 10.1. The van der Waals surface area contributed by atoms with Crippen LogP contribution in [0.25, 0.3) is 0 Å². The Labute approximate surface area is 139 Å². The predicted molar refractivity (Wildman–Crippen MR) is 87.3 cm³/mol. The maximum Gasteiger partial charge on any atom is 0.232 e. The van der Waals surface area contributed by atoms with Crippen molar-refractivity contribution in [2.75, 3.05) is 17.2 Å². The van der Waals surface area contributed by atoms with E-state index in [1.165, 1.54) is 4.90 Å². The van der Waals surface area contributed by atoms with Crippen molar-refractivity contribution in [2.24, 2.45) is 5.92 Å². The van der Waals surface area contributed by atoms with Gasteiger partial charge >= 0.3 is 0 Å². The number of carbonyl (C=O) groups is 1. The highest BCUT2D eigenvalue weighted by Gasteiger charge is 2.33. The maximum atomic E-state index is 12.1. The third-order valence-corrected chi connectivity index (χ3v) is 4.77. The molecule has 1 aromatic carbocycles. The first-order valence-electron chi connectivity index (χ1n) is 6.84. The molecule has 1 saturated heterocycles. The van der Waals surface area contributed by atoms with Crippen LogP contribution in [0.2, 0.25) is 5.02 Å². The van der Waals surface area contributed by atoms with Crippen LogP contribution in [0.4, 0.5) is 5.69 Å². The fourth-order valence-electron chi connectivity index (χ4n) is 2.43. The lowest BCUT2D eigenvalue weighted by molar-refractivity contribution is -0.117. The number of benzene rings is 1. The summed E-state index contributed by atoms with van der Waals surface area (Å²) in [6.07, 6.45) is 0.156. The number of amides is 1. The lowest BCUT2D eigenvalue weighted by Gasteiger charge is -2.18. The van der Waals surface area contributed by atoms with E-state index in [-0.39, 0.29) is 30.1 Å². The van der Waals surface area contributed by atoms with Crippen LogP contribution < -0.4 is 9.64 Å². The van der Waals surface area contributed by atoms with Gasteiger partial charge in [0.15, 0.2) is 0 Å². The van der Waals surface area contributed by atoms with E-state index in [0.29, 0.717) is 23.0 Å². The normalized spacial score (nSPS) is 19.0. The molecular weight excluding hydrogens is 349 g/mol. The Morgan fingerprint density at radius 1 is 1.41 bits per heavy atom. The summed E-state index contributed by atoms with van der Waals surface area (Å²) in [6, 6.07) is 5.09. The first-order chi connectivity index (χ1) is 10.2. The fourth-order valence-corrected chi connectivity index (χ4v) is 3.97. The molecule has 0 aliphatic carbocycles. The molecule has 0 saturated carbocycles. The van der Waals surface area contributed by atoms with Gasteiger partial charge in [0.1, 0.15) is 5.75 Å². The molecular formula is C14H17Cl2NO4S. The van der Waals surface area contributed by atoms with Crippen LogP contribution in [0.3, 0.4) is 0 Å². The summed E-state index contributed by atoms with van der Waals surface area (Å²) in [5, 5.41) is 0.410. The van der Waals surface area contributed by atoms with Gasteiger partial charge in [0.05, 0.1) is 16.9 Å². The molecule has 0 aromatic heterocycles. The van der Waals surface area contributed by atoms with E-state index in [4.69, 9.17) is 27.0 Å². The van der Waals surface area contributed by atoms with Crippen molar-refractivity contribution < 1.29 is 17.9 Å². The number of halogens is 2. The smallest absolute Gasteiger partial charge is 0.232 e. The number of nitrogens with zero attached hydrogens (tertiary/aromatic N) is 1. The zero-order chi connectivity index (χ0) is 16.5. The second-order valence-electron chi connectivity index (χ2n) is 5.56. The number of hydrogen-bond acceptors (Lipinski definition) is 4. The zero-order valence-corrected chi connectivity index (χ0v) is 14.6. The molecule has 1 aliphatic heterocycles. The Kier molecular flexibility index (Phi) is 5.25. The van der Waals surface area contributed by atoms with E-state index in [2.05, 4.69) is 0 Å². The van der Waals surface area contributed by atoms with E-state index >= 15 is 0 Å². The van der Waals surface area contributed by atoms with Gasteiger partial charge in [-0.15, -0.1) is 0 Å². The van der Waals surface area contributed by atoms with Crippen molar-refractivity contribution in [2.45, 2.75) is 26.4 Å². The number of hydrogen-bond donors (Lipinski definition) is 0. The quantitative estimate of drug-likeness (QED) is 0.752. The zero-order valence-electron chi connectivity index (χ0n) is 12.3. The molecule has 8 heteroatoms. The summed E-state index contributed by atoms with van der Waals surface area (Å²) in [5.74, 6) is -0.106. The molecule has 1 aliphatic rings. The van der Waals surface area contributed by atoms with E-state index in [0.717, 1.165) is 0 Å². The molecule has 2 rings (SSSR count). The summed E-state index contributed by atoms with van der Waals surface area (Å²) in [7, 11) is 1.64. The molecule has 1 atom stereocenters. The Bertz CT molecular complexity index is 675. The van der Waals surface area contributed by atoms with Crippen molar-refractivity contribution in [3.05, 3.63) is 23.2 Å². The van der Waals surface area contributed by atoms with Gasteiger partial charge < -0.3 is 9.64 Å². The molecule has 0 spiro atoms. The maximum absolute atomic E-state index is 12.1. The van der Waals surface area contributed by atoms with Crippen LogP contribution in [0.5, 0.6) is 5.75 Å². The van der Waals surface area contributed by atoms with Gasteiger partial charge in [-0.05, 0) is 32.0 Å². The minimum absolute atomic E-state index is 0.00456. The average Bonchev–Trinajstić information content (AvgIpc) is 2.70. The summed E-state index contributed by atoms with van der Waals surface area (Å²) in [4.78, 5) is 13.6. The Morgan fingerprint density at radius 3 is 2.64 bits per heavy atom.